The molecule has 4 N–H and O–H groups in total. The fraction of sp³-hybridized carbons (Fsp3) is 0.320. The van der Waals surface area contributed by atoms with Crippen molar-refractivity contribution < 1.29 is 43.0 Å². The van der Waals surface area contributed by atoms with Crippen molar-refractivity contribution >= 4 is 68.5 Å². The Balaban J connectivity index is 1.55. The second kappa shape index (κ2) is 12.4. The van der Waals surface area contributed by atoms with Crippen molar-refractivity contribution in [3.05, 3.63) is 59.4 Å². The first kappa shape index (κ1) is 30.9. The summed E-state index contributed by atoms with van der Waals surface area (Å²) in [6.45, 7) is 6.54. The predicted molar refractivity (Wildman–Crippen MR) is 151 cm³/mol. The Kier molecular flexibility index (Phi) is 9.12. The number of carbonyl (C=O) groups is 4. The molecule has 4 rings (SSSR count). The number of amides is 2. The van der Waals surface area contributed by atoms with Gasteiger partial charge in [0.05, 0.1) is 17.4 Å². The Morgan fingerprint density at radius 1 is 1.43 bits per heavy atom. The third kappa shape index (κ3) is 6.22. The number of carboxylic acids is 2. The van der Waals surface area contributed by atoms with E-state index in [9.17, 15) is 33.6 Å². The van der Waals surface area contributed by atoms with Crippen LogP contribution < -0.4 is 20.7 Å². The summed E-state index contributed by atoms with van der Waals surface area (Å²) >= 11 is 2.19. The number of β-lactam (4-membered cyclic amide) rings is 1. The number of nitrogen functional groups attached to an aromatic ring is 1. The van der Waals surface area contributed by atoms with Gasteiger partial charge in [0.25, 0.3) is 16.8 Å². The van der Waals surface area contributed by atoms with Crippen LogP contribution in [0.4, 0.5) is 5.13 Å². The Labute approximate surface area is 250 Å². The van der Waals surface area contributed by atoms with Gasteiger partial charge < -0.3 is 30.9 Å². The van der Waals surface area contributed by atoms with Crippen LogP contribution in [0.2, 0.25) is 0 Å². The van der Waals surface area contributed by atoms with Crippen molar-refractivity contribution in [3.8, 4) is 0 Å². The molecule has 3 atom stereocenters. The number of aliphatic carboxylic acids is 2. The van der Waals surface area contributed by atoms with Crippen molar-refractivity contribution in [1.82, 2.24) is 15.2 Å². The third-order valence-electron chi connectivity index (χ3n) is 6.15. The highest BCUT2D eigenvalue weighted by atomic mass is 32.2. The summed E-state index contributed by atoms with van der Waals surface area (Å²) < 4.78 is 14.9. The van der Waals surface area contributed by atoms with Gasteiger partial charge in [-0.1, -0.05) is 11.7 Å². The number of thiazole rings is 1. The van der Waals surface area contributed by atoms with Crippen LogP contribution in [-0.4, -0.2) is 77.2 Å². The molecule has 42 heavy (non-hydrogen) atoms. The Morgan fingerprint density at radius 3 is 2.79 bits per heavy atom. The Hall–Kier alpha value is -4.09. The number of allylic oxidation sites excluding steroid dienone is 1. The second-order valence-corrected chi connectivity index (χ2v) is 12.9. The zero-order valence-corrected chi connectivity index (χ0v) is 24.8. The van der Waals surface area contributed by atoms with Gasteiger partial charge in [-0.05, 0) is 31.6 Å². The number of pyridine rings is 1. The molecule has 0 spiro atoms. The summed E-state index contributed by atoms with van der Waals surface area (Å²) in [6, 6.07) is 3.99. The van der Waals surface area contributed by atoms with Crippen LogP contribution in [0, 0.1) is 0 Å². The summed E-state index contributed by atoms with van der Waals surface area (Å²) in [7, 11) is -1.64. The predicted octanol–water partition coefficient (Wildman–Crippen LogP) is -1.01. The SMILES string of the molecule is C=CC[n+]1ccccc1S(=O)CC1=C(C(=O)[O-])N2C(=O)[C@H](NC(=O)/C(=N/OC(C)(C)C(=O)O)c3csc(N)n3)[C@@H]2SC1. The smallest absolute Gasteiger partial charge is 0.350 e. The molecule has 2 aliphatic heterocycles. The van der Waals surface area contributed by atoms with E-state index < -0.39 is 57.3 Å². The van der Waals surface area contributed by atoms with Gasteiger partial charge in [-0.25, -0.2) is 14.0 Å². The molecular weight excluding hydrogens is 609 g/mol. The Bertz CT molecular complexity index is 1550. The first-order valence-electron chi connectivity index (χ1n) is 12.2. The highest BCUT2D eigenvalue weighted by Gasteiger charge is 2.53. The summed E-state index contributed by atoms with van der Waals surface area (Å²) in [5, 5.41) is 28.9. The molecule has 2 aromatic heterocycles. The van der Waals surface area contributed by atoms with Crippen LogP contribution in [0.1, 0.15) is 19.5 Å². The van der Waals surface area contributed by atoms with Gasteiger partial charge in [-0.2, -0.15) is 4.57 Å². The first-order valence-corrected chi connectivity index (χ1v) is 15.5. The standard InChI is InChI=1S/C25H26N6O8S3/c1-4-8-30-9-6-5-7-15(30)42(38)12-13-10-40-21-17(20(33)31(21)18(13)22(34)35)28-19(32)16(14-11-41-24(26)27-14)29-39-25(2,3)23(36)37/h4-7,9,11,17,21H,1,8,10,12H2,2-3H3,(H4-,26,27,28,32,34,35,36,37)/b29-16+/t17-,21-,42?/m0/s1. The van der Waals surface area contributed by atoms with Gasteiger partial charge in [-0.3, -0.25) is 14.5 Å². The minimum Gasteiger partial charge on any atom is -0.543 e. The molecule has 14 nitrogen and oxygen atoms in total. The summed E-state index contributed by atoms with van der Waals surface area (Å²) in [5.41, 5.74) is 3.32. The van der Waals surface area contributed by atoms with Crippen molar-refractivity contribution in [2.24, 2.45) is 5.16 Å². The lowest BCUT2D eigenvalue weighted by molar-refractivity contribution is -0.723. The number of nitrogens with one attached hydrogen (secondary N) is 1. The summed E-state index contributed by atoms with van der Waals surface area (Å²) in [6.07, 6.45) is 3.37. The minimum absolute atomic E-state index is 0.00851. The summed E-state index contributed by atoms with van der Waals surface area (Å²) in [5.74, 6) is -4.63. The molecule has 1 saturated heterocycles. The number of aromatic nitrogens is 2. The zero-order chi connectivity index (χ0) is 30.8. The molecule has 2 aliphatic rings. The molecule has 0 radical (unpaired) electrons. The molecule has 0 saturated carbocycles. The van der Waals surface area contributed by atoms with Gasteiger partial charge >= 0.3 is 5.97 Å². The van der Waals surface area contributed by atoms with E-state index in [2.05, 4.69) is 22.0 Å². The van der Waals surface area contributed by atoms with Crippen LogP contribution in [0.5, 0.6) is 0 Å². The lowest BCUT2D eigenvalue weighted by Gasteiger charge is -2.50. The maximum Gasteiger partial charge on any atom is 0.350 e. The molecule has 0 aliphatic carbocycles. The van der Waals surface area contributed by atoms with E-state index in [1.54, 1.807) is 35.0 Å². The molecule has 2 amide bonds. The highest BCUT2D eigenvalue weighted by Crippen LogP contribution is 2.40. The van der Waals surface area contributed by atoms with Crippen LogP contribution >= 0.6 is 23.1 Å². The normalized spacial score (nSPS) is 19.4. The molecular formula is C25H26N6O8S3. The number of rotatable bonds is 12. The molecule has 0 aromatic carbocycles. The second-order valence-electron chi connectivity index (χ2n) is 9.49. The number of fused-ring (bicyclic) bond motifs is 1. The van der Waals surface area contributed by atoms with E-state index in [1.165, 1.54) is 31.0 Å². The van der Waals surface area contributed by atoms with Crippen LogP contribution in [-0.2, 0) is 41.4 Å². The van der Waals surface area contributed by atoms with Gasteiger partial charge in [0.2, 0.25) is 5.60 Å². The van der Waals surface area contributed by atoms with E-state index in [-0.39, 0.29) is 33.6 Å². The van der Waals surface area contributed by atoms with E-state index >= 15 is 0 Å². The number of thioether (sulfide) groups is 1. The van der Waals surface area contributed by atoms with Crippen molar-refractivity contribution in [2.45, 2.75) is 42.4 Å². The van der Waals surface area contributed by atoms with Crippen LogP contribution in [0.15, 0.2) is 63.9 Å². The van der Waals surface area contributed by atoms with E-state index in [0.717, 1.165) is 16.2 Å². The maximum absolute atomic E-state index is 13.2. The Morgan fingerprint density at radius 2 is 2.17 bits per heavy atom. The number of oxime groups is 1. The first-order chi connectivity index (χ1) is 19.9. The molecule has 1 fully saturated rings. The van der Waals surface area contributed by atoms with Gasteiger partial charge in [-0.15, -0.1) is 23.1 Å². The van der Waals surface area contributed by atoms with Crippen molar-refractivity contribution in [1.29, 1.82) is 0 Å². The van der Waals surface area contributed by atoms with Gasteiger partial charge in [0.15, 0.2) is 23.6 Å². The van der Waals surface area contributed by atoms with Crippen LogP contribution in [0.25, 0.3) is 0 Å². The zero-order valence-electron chi connectivity index (χ0n) is 22.3. The number of anilines is 1. The average molecular weight is 635 g/mol. The molecule has 1 unspecified atom stereocenters. The lowest BCUT2D eigenvalue weighted by Crippen LogP contribution is -2.71. The van der Waals surface area contributed by atoms with E-state index in [4.69, 9.17) is 10.6 Å². The summed E-state index contributed by atoms with van der Waals surface area (Å²) in [4.78, 5) is 60.0. The number of carbonyl (C=O) groups excluding carboxylic acids is 3. The number of hydrogen-bond donors (Lipinski definition) is 3. The lowest BCUT2D eigenvalue weighted by atomic mass is 10.0. The largest absolute Gasteiger partial charge is 0.543 e. The average Bonchev–Trinajstić information content (AvgIpc) is 3.37. The third-order valence-corrected chi connectivity index (χ3v) is 9.61. The minimum atomic E-state index is -1.79. The molecule has 222 valence electrons. The van der Waals surface area contributed by atoms with Crippen LogP contribution in [0.3, 0.4) is 0 Å². The fourth-order valence-electron chi connectivity index (χ4n) is 3.98. The number of hydrogen-bond acceptors (Lipinski definition) is 12. The molecule has 4 heterocycles. The maximum atomic E-state index is 13.2. The van der Waals surface area contributed by atoms with Crippen molar-refractivity contribution in [2.75, 3.05) is 17.2 Å². The monoisotopic (exact) mass is 634 g/mol. The van der Waals surface area contributed by atoms with Crippen molar-refractivity contribution in [3.63, 3.8) is 0 Å². The topological polar surface area (TPSA) is 208 Å². The molecule has 17 heteroatoms. The van der Waals surface area contributed by atoms with E-state index in [1.807, 2.05) is 0 Å². The van der Waals surface area contributed by atoms with E-state index in [0.29, 0.717) is 11.6 Å². The van der Waals surface area contributed by atoms with Gasteiger partial charge in [0, 0.05) is 23.3 Å². The molecule has 2 aromatic rings. The number of carboxylic acid groups (broad SMARTS) is 2. The molecule has 0 bridgehead atoms. The quantitative estimate of drug-likeness (QED) is 0.0847. The fourth-order valence-corrected chi connectivity index (χ4v) is 7.33. The highest BCUT2D eigenvalue weighted by molar-refractivity contribution is 8.00. The number of nitrogens with two attached hydrogens (primary N) is 1. The van der Waals surface area contributed by atoms with Gasteiger partial charge in [0.1, 0.15) is 27.9 Å². The number of nitrogens with zero attached hydrogens (tertiary/aromatic N) is 4.